The van der Waals surface area contributed by atoms with Crippen LogP contribution in [0.3, 0.4) is 0 Å². The number of nitrogens with zero attached hydrogens (tertiary/aromatic N) is 3. The topological polar surface area (TPSA) is 109 Å². The van der Waals surface area contributed by atoms with Crippen LogP contribution in [0, 0.1) is 5.41 Å². The smallest absolute Gasteiger partial charge is 0.315 e. The van der Waals surface area contributed by atoms with E-state index in [2.05, 4.69) is 20.8 Å². The van der Waals surface area contributed by atoms with E-state index in [4.69, 9.17) is 5.11 Å². The molecule has 8 heteroatoms. The molecular weight excluding hydrogens is 274 g/mol. The molecular formula is C13H21N5O3. The summed E-state index contributed by atoms with van der Waals surface area (Å²) in [7, 11) is 1.81. The molecule has 1 aliphatic carbocycles. The molecule has 2 amide bonds. The van der Waals surface area contributed by atoms with Gasteiger partial charge in [-0.25, -0.2) is 4.79 Å². The number of urea groups is 1. The van der Waals surface area contributed by atoms with Gasteiger partial charge in [0.15, 0.2) is 5.82 Å². The summed E-state index contributed by atoms with van der Waals surface area (Å²) in [5, 5.41) is 22.2. The zero-order chi connectivity index (χ0) is 15.5. The maximum Gasteiger partial charge on any atom is 0.315 e. The van der Waals surface area contributed by atoms with Crippen LogP contribution >= 0.6 is 0 Å². The first kappa shape index (κ1) is 15.3. The maximum atomic E-state index is 11.9. The van der Waals surface area contributed by atoms with E-state index in [1.807, 2.05) is 14.0 Å². The van der Waals surface area contributed by atoms with E-state index in [1.165, 1.54) is 0 Å². The van der Waals surface area contributed by atoms with E-state index in [-0.39, 0.29) is 23.9 Å². The monoisotopic (exact) mass is 295 g/mol. The van der Waals surface area contributed by atoms with Crippen molar-refractivity contribution >= 4 is 12.0 Å². The van der Waals surface area contributed by atoms with Crippen molar-refractivity contribution < 1.29 is 14.7 Å². The third kappa shape index (κ3) is 3.71. The van der Waals surface area contributed by atoms with E-state index in [0.717, 1.165) is 19.3 Å². The molecule has 0 aliphatic heterocycles. The zero-order valence-corrected chi connectivity index (χ0v) is 12.3. The molecule has 1 atom stereocenters. The maximum absolute atomic E-state index is 11.9. The van der Waals surface area contributed by atoms with Crippen molar-refractivity contribution in [2.75, 3.05) is 6.54 Å². The van der Waals surface area contributed by atoms with Crippen LogP contribution in [-0.4, -0.2) is 38.4 Å². The molecule has 1 aromatic heterocycles. The fraction of sp³-hybridized carbons (Fsp3) is 0.692. The third-order valence-corrected chi connectivity index (χ3v) is 4.05. The number of amides is 2. The summed E-state index contributed by atoms with van der Waals surface area (Å²) in [6, 6.07) is -0.587. The number of carboxylic acids is 1. The Hall–Kier alpha value is -2.12. The van der Waals surface area contributed by atoms with Gasteiger partial charge in [-0.1, -0.05) is 6.42 Å². The van der Waals surface area contributed by atoms with Crippen LogP contribution < -0.4 is 10.6 Å². The van der Waals surface area contributed by atoms with E-state index in [0.29, 0.717) is 12.4 Å². The van der Waals surface area contributed by atoms with Crippen LogP contribution in [0.2, 0.25) is 0 Å². The van der Waals surface area contributed by atoms with E-state index in [9.17, 15) is 9.59 Å². The fourth-order valence-corrected chi connectivity index (χ4v) is 2.68. The van der Waals surface area contributed by atoms with Gasteiger partial charge in [0.2, 0.25) is 0 Å². The lowest BCUT2D eigenvalue weighted by Crippen LogP contribution is -2.47. The molecule has 0 saturated heterocycles. The molecule has 1 heterocycles. The van der Waals surface area contributed by atoms with Gasteiger partial charge < -0.3 is 20.3 Å². The molecule has 1 fully saturated rings. The molecule has 116 valence electrons. The summed E-state index contributed by atoms with van der Waals surface area (Å²) in [4.78, 5) is 22.8. The molecule has 0 aromatic carbocycles. The lowest BCUT2D eigenvalue weighted by atomic mass is 9.66. The Labute approximate surface area is 122 Å². The highest BCUT2D eigenvalue weighted by Crippen LogP contribution is 2.43. The first-order valence-electron chi connectivity index (χ1n) is 7.02. The van der Waals surface area contributed by atoms with E-state index >= 15 is 0 Å². The second-order valence-corrected chi connectivity index (χ2v) is 5.77. The Morgan fingerprint density at radius 3 is 2.71 bits per heavy atom. The average Bonchev–Trinajstić information content (AvgIpc) is 2.78. The number of hydrogen-bond donors (Lipinski definition) is 3. The number of carbonyl (C=O) groups is 2. The largest absolute Gasteiger partial charge is 0.481 e. The van der Waals surface area contributed by atoms with Gasteiger partial charge in [0.05, 0.1) is 12.5 Å². The quantitative estimate of drug-likeness (QED) is 0.720. The Bertz CT molecular complexity index is 524. The second-order valence-electron chi connectivity index (χ2n) is 5.77. The highest BCUT2D eigenvalue weighted by atomic mass is 16.4. The highest BCUT2D eigenvalue weighted by molar-refractivity contribution is 5.74. The van der Waals surface area contributed by atoms with Crippen molar-refractivity contribution in [3.63, 3.8) is 0 Å². The van der Waals surface area contributed by atoms with Crippen molar-refractivity contribution in [2.24, 2.45) is 12.5 Å². The Morgan fingerprint density at radius 1 is 1.52 bits per heavy atom. The number of aromatic nitrogens is 3. The second kappa shape index (κ2) is 6.11. The van der Waals surface area contributed by atoms with E-state index < -0.39 is 5.97 Å². The molecule has 0 spiro atoms. The standard InChI is InChI=1S/C13H21N5O3/c1-9(11-17-15-8-18(11)2)16-12(21)14-7-13(4-3-5-13)6-10(19)20/h8-9H,3-7H2,1-2H3,(H,19,20)(H2,14,16,21). The van der Waals surface area contributed by atoms with Crippen LogP contribution in [0.1, 0.15) is 44.5 Å². The van der Waals surface area contributed by atoms with Crippen molar-refractivity contribution in [1.82, 2.24) is 25.4 Å². The van der Waals surface area contributed by atoms with Crippen LogP contribution in [-0.2, 0) is 11.8 Å². The Kier molecular flexibility index (Phi) is 4.44. The summed E-state index contributed by atoms with van der Waals surface area (Å²) in [5.74, 6) is -0.154. The van der Waals surface area contributed by atoms with Crippen molar-refractivity contribution in [3.8, 4) is 0 Å². The molecule has 21 heavy (non-hydrogen) atoms. The van der Waals surface area contributed by atoms with Crippen LogP contribution in [0.25, 0.3) is 0 Å². The summed E-state index contributed by atoms with van der Waals surface area (Å²) in [6.45, 7) is 2.20. The molecule has 1 unspecified atom stereocenters. The Morgan fingerprint density at radius 2 is 2.24 bits per heavy atom. The van der Waals surface area contributed by atoms with Gasteiger partial charge in [-0.05, 0) is 25.2 Å². The minimum atomic E-state index is -0.815. The number of carboxylic acid groups (broad SMARTS) is 1. The van der Waals surface area contributed by atoms with Gasteiger partial charge in [0.25, 0.3) is 0 Å². The van der Waals surface area contributed by atoms with Crippen LogP contribution in [0.4, 0.5) is 4.79 Å². The summed E-state index contributed by atoms with van der Waals surface area (Å²) in [5.41, 5.74) is -0.281. The molecule has 0 bridgehead atoms. The van der Waals surface area contributed by atoms with Crippen LogP contribution in [0.15, 0.2) is 6.33 Å². The summed E-state index contributed by atoms with van der Waals surface area (Å²) in [6.07, 6.45) is 4.39. The lowest BCUT2D eigenvalue weighted by Gasteiger charge is -2.40. The summed E-state index contributed by atoms with van der Waals surface area (Å²) >= 11 is 0. The first-order chi connectivity index (χ1) is 9.92. The highest BCUT2D eigenvalue weighted by Gasteiger charge is 2.39. The first-order valence-corrected chi connectivity index (χ1v) is 7.02. The van der Waals surface area contributed by atoms with Gasteiger partial charge in [-0.3, -0.25) is 4.79 Å². The lowest BCUT2D eigenvalue weighted by molar-refractivity contribution is -0.141. The van der Waals surface area contributed by atoms with Crippen molar-refractivity contribution in [2.45, 2.75) is 38.6 Å². The van der Waals surface area contributed by atoms with Crippen LogP contribution in [0.5, 0.6) is 0 Å². The van der Waals surface area contributed by atoms with Crippen molar-refractivity contribution in [1.29, 1.82) is 0 Å². The Balaban J connectivity index is 1.82. The van der Waals surface area contributed by atoms with Gasteiger partial charge >= 0.3 is 12.0 Å². The number of hydrogen-bond acceptors (Lipinski definition) is 4. The number of nitrogens with one attached hydrogen (secondary N) is 2. The molecule has 1 aliphatic rings. The van der Waals surface area contributed by atoms with Gasteiger partial charge in [0, 0.05) is 13.6 Å². The zero-order valence-electron chi connectivity index (χ0n) is 12.3. The molecule has 0 radical (unpaired) electrons. The average molecular weight is 295 g/mol. The molecule has 3 N–H and O–H groups in total. The minimum absolute atomic E-state index is 0.103. The number of carbonyl (C=O) groups excluding carboxylic acids is 1. The van der Waals surface area contributed by atoms with Gasteiger partial charge in [-0.15, -0.1) is 10.2 Å². The minimum Gasteiger partial charge on any atom is -0.481 e. The molecule has 2 rings (SSSR count). The number of aryl methyl sites for hydroxylation is 1. The predicted molar refractivity (Wildman–Crippen MR) is 74.5 cm³/mol. The third-order valence-electron chi connectivity index (χ3n) is 4.05. The van der Waals surface area contributed by atoms with Gasteiger partial charge in [-0.2, -0.15) is 0 Å². The predicted octanol–water partition coefficient (Wildman–Crippen LogP) is 0.820. The molecule has 8 nitrogen and oxygen atoms in total. The van der Waals surface area contributed by atoms with Gasteiger partial charge in [0.1, 0.15) is 6.33 Å². The summed E-state index contributed by atoms with van der Waals surface area (Å²) < 4.78 is 1.74. The van der Waals surface area contributed by atoms with E-state index in [1.54, 1.807) is 10.9 Å². The molecule has 1 saturated carbocycles. The SMILES string of the molecule is CC(NC(=O)NCC1(CC(=O)O)CCC1)c1nncn1C. The normalized spacial score (nSPS) is 17.6. The number of rotatable bonds is 6. The fourth-order valence-electron chi connectivity index (χ4n) is 2.68. The number of aliphatic carboxylic acids is 1. The molecule has 1 aromatic rings. The van der Waals surface area contributed by atoms with Crippen molar-refractivity contribution in [3.05, 3.63) is 12.2 Å².